The fourth-order valence-electron chi connectivity index (χ4n) is 2.03. The molecule has 1 amide bonds. The van der Waals surface area contributed by atoms with Crippen molar-refractivity contribution in [1.82, 2.24) is 9.88 Å². The van der Waals surface area contributed by atoms with Crippen molar-refractivity contribution >= 4 is 17.6 Å². The largest absolute Gasteiger partial charge is 0.465 e. The van der Waals surface area contributed by atoms with Crippen LogP contribution in [0, 0.1) is 10.1 Å². The van der Waals surface area contributed by atoms with E-state index in [1.165, 1.54) is 17.2 Å². The van der Waals surface area contributed by atoms with Gasteiger partial charge in [0.1, 0.15) is 0 Å². The molecule has 2 N–H and O–H groups in total. The Morgan fingerprint density at radius 1 is 1.47 bits per heavy atom. The molecule has 19 heavy (non-hydrogen) atoms. The Labute approximate surface area is 109 Å². The van der Waals surface area contributed by atoms with E-state index in [1.807, 2.05) is 0 Å². The summed E-state index contributed by atoms with van der Waals surface area (Å²) in [6.45, 7) is 0.987. The van der Waals surface area contributed by atoms with Crippen LogP contribution in [0.2, 0.25) is 0 Å². The standard InChI is InChI=1S/C11H14N4O4/c16-11(17)14-5-3-8(4-6-14)13-9-1-2-10(12-7-9)15(18)19/h1-2,7-8,13H,3-6H2,(H,16,17). The van der Waals surface area contributed by atoms with Crippen molar-refractivity contribution in [2.75, 3.05) is 18.4 Å². The van der Waals surface area contributed by atoms with Gasteiger partial charge in [-0.15, -0.1) is 0 Å². The number of nitrogens with zero attached hydrogens (tertiary/aromatic N) is 3. The van der Waals surface area contributed by atoms with Gasteiger partial charge in [-0.25, -0.2) is 4.79 Å². The lowest BCUT2D eigenvalue weighted by Crippen LogP contribution is -2.41. The molecule has 1 saturated heterocycles. The van der Waals surface area contributed by atoms with Crippen LogP contribution in [0.15, 0.2) is 18.3 Å². The molecule has 1 aromatic rings. The number of aromatic nitrogens is 1. The Kier molecular flexibility index (Phi) is 3.79. The maximum Gasteiger partial charge on any atom is 0.407 e. The van der Waals surface area contributed by atoms with E-state index in [2.05, 4.69) is 10.3 Å². The second-order valence-electron chi connectivity index (χ2n) is 4.35. The molecule has 8 nitrogen and oxygen atoms in total. The van der Waals surface area contributed by atoms with E-state index < -0.39 is 11.0 Å². The SMILES string of the molecule is O=C(O)N1CCC(Nc2ccc([N+](=O)[O-])nc2)CC1. The van der Waals surface area contributed by atoms with Crippen LogP contribution in [-0.2, 0) is 0 Å². The van der Waals surface area contributed by atoms with Crippen molar-refractivity contribution in [3.63, 3.8) is 0 Å². The molecule has 0 atom stereocenters. The lowest BCUT2D eigenvalue weighted by Gasteiger charge is -2.30. The molecule has 0 bridgehead atoms. The number of piperidine rings is 1. The van der Waals surface area contributed by atoms with Gasteiger partial charge in [0, 0.05) is 25.2 Å². The van der Waals surface area contributed by atoms with Crippen molar-refractivity contribution in [1.29, 1.82) is 0 Å². The predicted molar refractivity (Wildman–Crippen MR) is 67.1 cm³/mol. The van der Waals surface area contributed by atoms with Crippen LogP contribution in [-0.4, -0.2) is 45.1 Å². The molecular formula is C11H14N4O4. The highest BCUT2D eigenvalue weighted by Gasteiger charge is 2.22. The van der Waals surface area contributed by atoms with Crippen LogP contribution in [0.5, 0.6) is 0 Å². The summed E-state index contributed by atoms with van der Waals surface area (Å²) in [5.41, 5.74) is 0.708. The molecule has 1 aliphatic heterocycles. The number of nitro groups is 1. The minimum Gasteiger partial charge on any atom is -0.465 e. The van der Waals surface area contributed by atoms with Crippen LogP contribution in [0.3, 0.4) is 0 Å². The van der Waals surface area contributed by atoms with Gasteiger partial charge in [0.15, 0.2) is 6.20 Å². The van der Waals surface area contributed by atoms with E-state index in [-0.39, 0.29) is 11.9 Å². The van der Waals surface area contributed by atoms with Crippen molar-refractivity contribution in [3.05, 3.63) is 28.4 Å². The average molecular weight is 266 g/mol. The number of carboxylic acid groups (broad SMARTS) is 1. The van der Waals surface area contributed by atoms with E-state index in [1.54, 1.807) is 6.07 Å². The van der Waals surface area contributed by atoms with Gasteiger partial charge in [0.05, 0.1) is 5.69 Å². The van der Waals surface area contributed by atoms with Crippen LogP contribution in [0.1, 0.15) is 12.8 Å². The number of nitrogens with one attached hydrogen (secondary N) is 1. The van der Waals surface area contributed by atoms with Crippen LogP contribution in [0.4, 0.5) is 16.3 Å². The maximum atomic E-state index is 10.8. The third-order valence-electron chi connectivity index (χ3n) is 3.07. The molecule has 1 fully saturated rings. The molecule has 0 radical (unpaired) electrons. The van der Waals surface area contributed by atoms with Crippen LogP contribution < -0.4 is 5.32 Å². The molecule has 0 aromatic carbocycles. The van der Waals surface area contributed by atoms with E-state index in [4.69, 9.17) is 5.11 Å². The monoisotopic (exact) mass is 266 g/mol. The summed E-state index contributed by atoms with van der Waals surface area (Å²) in [6.07, 6.45) is 1.95. The van der Waals surface area contributed by atoms with Gasteiger partial charge in [-0.3, -0.25) is 0 Å². The summed E-state index contributed by atoms with van der Waals surface area (Å²) in [5.74, 6) is -0.189. The van der Waals surface area contributed by atoms with Crippen molar-refractivity contribution in [2.45, 2.75) is 18.9 Å². The molecular weight excluding hydrogens is 252 g/mol. The Hall–Kier alpha value is -2.38. The van der Waals surface area contributed by atoms with E-state index in [0.717, 1.165) is 0 Å². The lowest BCUT2D eigenvalue weighted by atomic mass is 10.1. The minimum absolute atomic E-state index is 0.166. The Morgan fingerprint density at radius 3 is 2.63 bits per heavy atom. The van der Waals surface area contributed by atoms with Gasteiger partial charge in [-0.05, 0) is 28.8 Å². The zero-order valence-corrected chi connectivity index (χ0v) is 10.2. The third-order valence-corrected chi connectivity index (χ3v) is 3.07. The summed E-state index contributed by atoms with van der Waals surface area (Å²) < 4.78 is 0. The number of anilines is 1. The van der Waals surface area contributed by atoms with Gasteiger partial charge in [-0.1, -0.05) is 0 Å². The highest BCUT2D eigenvalue weighted by molar-refractivity contribution is 5.65. The number of hydrogen-bond donors (Lipinski definition) is 2. The molecule has 1 aromatic heterocycles. The zero-order chi connectivity index (χ0) is 13.8. The molecule has 8 heteroatoms. The molecule has 2 heterocycles. The van der Waals surface area contributed by atoms with E-state index in [9.17, 15) is 14.9 Å². The van der Waals surface area contributed by atoms with Crippen molar-refractivity contribution in [3.8, 4) is 0 Å². The predicted octanol–water partition coefficient (Wildman–Crippen LogP) is 1.54. The highest BCUT2D eigenvalue weighted by Crippen LogP contribution is 2.17. The highest BCUT2D eigenvalue weighted by atomic mass is 16.6. The topological polar surface area (TPSA) is 109 Å². The number of carbonyl (C=O) groups is 1. The molecule has 2 rings (SSSR count). The fourth-order valence-corrected chi connectivity index (χ4v) is 2.03. The third kappa shape index (κ3) is 3.30. The first-order valence-electron chi connectivity index (χ1n) is 5.91. The van der Waals surface area contributed by atoms with Gasteiger partial charge in [0.25, 0.3) is 0 Å². The van der Waals surface area contributed by atoms with Crippen LogP contribution >= 0.6 is 0 Å². The summed E-state index contributed by atoms with van der Waals surface area (Å²) in [5, 5.41) is 22.5. The normalized spacial score (nSPS) is 16.1. The van der Waals surface area contributed by atoms with Gasteiger partial charge in [-0.2, -0.15) is 0 Å². The van der Waals surface area contributed by atoms with Crippen molar-refractivity contribution in [2.24, 2.45) is 0 Å². The van der Waals surface area contributed by atoms with Crippen molar-refractivity contribution < 1.29 is 14.8 Å². The first-order chi connectivity index (χ1) is 9.06. The first kappa shape index (κ1) is 13.1. The summed E-state index contributed by atoms with van der Waals surface area (Å²) in [7, 11) is 0. The summed E-state index contributed by atoms with van der Waals surface area (Å²) >= 11 is 0. The van der Waals surface area contributed by atoms with Gasteiger partial charge >= 0.3 is 11.9 Å². The Balaban J connectivity index is 1.88. The smallest absolute Gasteiger partial charge is 0.407 e. The molecule has 0 unspecified atom stereocenters. The Morgan fingerprint density at radius 2 is 2.16 bits per heavy atom. The maximum absolute atomic E-state index is 10.8. The summed E-state index contributed by atoms with van der Waals surface area (Å²) in [4.78, 5) is 25.8. The second kappa shape index (κ2) is 5.51. The Bertz CT molecular complexity index is 468. The van der Waals surface area contributed by atoms with Gasteiger partial charge in [0.2, 0.25) is 0 Å². The molecule has 0 aliphatic carbocycles. The quantitative estimate of drug-likeness (QED) is 0.634. The number of pyridine rings is 1. The fraction of sp³-hybridized carbons (Fsp3) is 0.455. The van der Waals surface area contributed by atoms with Gasteiger partial charge < -0.3 is 25.4 Å². The second-order valence-corrected chi connectivity index (χ2v) is 4.35. The molecule has 0 spiro atoms. The first-order valence-corrected chi connectivity index (χ1v) is 5.91. The number of likely N-dealkylation sites (tertiary alicyclic amines) is 1. The van der Waals surface area contributed by atoms with E-state index >= 15 is 0 Å². The minimum atomic E-state index is -0.893. The number of amides is 1. The van der Waals surface area contributed by atoms with Crippen LogP contribution in [0.25, 0.3) is 0 Å². The average Bonchev–Trinajstić information content (AvgIpc) is 2.40. The zero-order valence-electron chi connectivity index (χ0n) is 10.2. The lowest BCUT2D eigenvalue weighted by molar-refractivity contribution is -0.389. The molecule has 0 saturated carbocycles. The van der Waals surface area contributed by atoms with E-state index in [0.29, 0.717) is 31.6 Å². The summed E-state index contributed by atoms with van der Waals surface area (Å²) in [6, 6.07) is 3.11. The molecule has 1 aliphatic rings. The molecule has 102 valence electrons. The number of hydrogen-bond acceptors (Lipinski definition) is 5. The number of rotatable bonds is 3.